The third-order valence-corrected chi connectivity index (χ3v) is 2.22. The van der Waals surface area contributed by atoms with E-state index in [1.165, 1.54) is 0 Å². The van der Waals surface area contributed by atoms with Crippen molar-refractivity contribution in [3.63, 3.8) is 0 Å². The number of carbonyl (C=O) groups excluding carboxylic acids is 1. The molecular weight excluding hydrogens is 150 g/mol. The van der Waals surface area contributed by atoms with Gasteiger partial charge in [-0.1, -0.05) is 13.8 Å². The van der Waals surface area contributed by atoms with Crippen LogP contribution in [0.5, 0.6) is 0 Å². The van der Waals surface area contributed by atoms with Gasteiger partial charge in [0.15, 0.2) is 0 Å². The molecule has 1 unspecified atom stereocenters. The SMILES string of the molecule is CNC(CCCC(C)=O)C(C)C. The van der Waals surface area contributed by atoms with Crippen molar-refractivity contribution in [2.24, 2.45) is 5.92 Å². The molecule has 0 saturated heterocycles. The lowest BCUT2D eigenvalue weighted by Crippen LogP contribution is -2.30. The van der Waals surface area contributed by atoms with Crippen LogP contribution in [0.25, 0.3) is 0 Å². The van der Waals surface area contributed by atoms with Crippen LogP contribution in [0.4, 0.5) is 0 Å². The highest BCUT2D eigenvalue weighted by atomic mass is 16.1. The molecule has 72 valence electrons. The zero-order valence-electron chi connectivity index (χ0n) is 8.68. The van der Waals surface area contributed by atoms with E-state index in [2.05, 4.69) is 19.2 Å². The molecule has 0 amide bonds. The monoisotopic (exact) mass is 171 g/mol. The molecule has 0 bridgehead atoms. The Balaban J connectivity index is 3.51. The van der Waals surface area contributed by atoms with Crippen molar-refractivity contribution < 1.29 is 4.79 Å². The fourth-order valence-corrected chi connectivity index (χ4v) is 1.38. The molecule has 0 spiro atoms. The second-order valence-corrected chi connectivity index (χ2v) is 3.73. The number of hydrogen-bond acceptors (Lipinski definition) is 2. The Labute approximate surface area is 75.7 Å². The van der Waals surface area contributed by atoms with Crippen molar-refractivity contribution in [3.05, 3.63) is 0 Å². The number of carbonyl (C=O) groups is 1. The van der Waals surface area contributed by atoms with Gasteiger partial charge in [0, 0.05) is 12.5 Å². The van der Waals surface area contributed by atoms with Gasteiger partial charge in [-0.3, -0.25) is 0 Å². The van der Waals surface area contributed by atoms with Crippen LogP contribution in [0.1, 0.15) is 40.0 Å². The van der Waals surface area contributed by atoms with E-state index in [1.54, 1.807) is 6.92 Å². The molecule has 0 aromatic heterocycles. The minimum atomic E-state index is 0.300. The highest BCUT2D eigenvalue weighted by molar-refractivity contribution is 5.75. The molecule has 0 fully saturated rings. The molecule has 2 heteroatoms. The molecular formula is C10H21NO. The van der Waals surface area contributed by atoms with Crippen molar-refractivity contribution in [3.8, 4) is 0 Å². The number of nitrogens with one attached hydrogen (secondary N) is 1. The van der Waals surface area contributed by atoms with E-state index < -0.39 is 0 Å². The van der Waals surface area contributed by atoms with Crippen LogP contribution in [0.2, 0.25) is 0 Å². The molecule has 0 aliphatic rings. The molecule has 1 atom stereocenters. The summed E-state index contributed by atoms with van der Waals surface area (Å²) in [5, 5.41) is 3.26. The van der Waals surface area contributed by atoms with Crippen LogP contribution < -0.4 is 5.32 Å². The first kappa shape index (κ1) is 11.6. The molecule has 0 aromatic carbocycles. The summed E-state index contributed by atoms with van der Waals surface area (Å²) in [6.07, 6.45) is 2.84. The Morgan fingerprint density at radius 3 is 2.33 bits per heavy atom. The molecule has 2 nitrogen and oxygen atoms in total. The smallest absolute Gasteiger partial charge is 0.129 e. The summed E-state index contributed by atoms with van der Waals surface area (Å²) in [4.78, 5) is 10.7. The molecule has 0 heterocycles. The molecule has 0 saturated carbocycles. The third-order valence-electron chi connectivity index (χ3n) is 2.22. The number of Topliss-reactive ketones (excluding diaryl/α,β-unsaturated/α-hetero) is 1. The van der Waals surface area contributed by atoms with Gasteiger partial charge >= 0.3 is 0 Å². The maximum atomic E-state index is 10.7. The maximum absolute atomic E-state index is 10.7. The van der Waals surface area contributed by atoms with E-state index in [4.69, 9.17) is 0 Å². The first-order valence-corrected chi connectivity index (χ1v) is 4.74. The zero-order valence-corrected chi connectivity index (χ0v) is 8.68. The molecule has 0 aliphatic heterocycles. The second kappa shape index (κ2) is 6.18. The summed E-state index contributed by atoms with van der Waals surface area (Å²) >= 11 is 0. The van der Waals surface area contributed by atoms with Gasteiger partial charge in [0.25, 0.3) is 0 Å². The Kier molecular flexibility index (Phi) is 5.99. The lowest BCUT2D eigenvalue weighted by atomic mass is 9.98. The van der Waals surface area contributed by atoms with E-state index in [0.29, 0.717) is 17.7 Å². The summed E-state index contributed by atoms with van der Waals surface area (Å²) < 4.78 is 0. The quantitative estimate of drug-likeness (QED) is 0.662. The third kappa shape index (κ3) is 5.30. The van der Waals surface area contributed by atoms with E-state index in [0.717, 1.165) is 19.3 Å². The summed E-state index contributed by atoms with van der Waals surface area (Å²) in [6.45, 7) is 6.06. The molecule has 0 rings (SSSR count). The second-order valence-electron chi connectivity index (χ2n) is 3.73. The van der Waals surface area contributed by atoms with Gasteiger partial charge in [0.05, 0.1) is 0 Å². The first-order valence-electron chi connectivity index (χ1n) is 4.74. The Hall–Kier alpha value is -0.370. The Bertz CT molecular complexity index is 132. The van der Waals surface area contributed by atoms with Gasteiger partial charge < -0.3 is 10.1 Å². The van der Waals surface area contributed by atoms with Crippen LogP contribution in [-0.4, -0.2) is 18.9 Å². The molecule has 0 radical (unpaired) electrons. The van der Waals surface area contributed by atoms with E-state index in [-0.39, 0.29) is 0 Å². The summed E-state index contributed by atoms with van der Waals surface area (Å²) in [7, 11) is 1.98. The van der Waals surface area contributed by atoms with Crippen molar-refractivity contribution in [2.75, 3.05) is 7.05 Å². The fraction of sp³-hybridized carbons (Fsp3) is 0.900. The summed E-state index contributed by atoms with van der Waals surface area (Å²) in [5.41, 5.74) is 0. The minimum Gasteiger partial charge on any atom is -0.317 e. The predicted molar refractivity (Wildman–Crippen MR) is 52.2 cm³/mol. The van der Waals surface area contributed by atoms with Crippen molar-refractivity contribution >= 4 is 5.78 Å². The van der Waals surface area contributed by atoms with E-state index in [9.17, 15) is 4.79 Å². The van der Waals surface area contributed by atoms with Gasteiger partial charge in [0.2, 0.25) is 0 Å². The predicted octanol–water partition coefficient (Wildman–Crippen LogP) is 1.99. The van der Waals surface area contributed by atoms with Gasteiger partial charge in [-0.05, 0) is 32.7 Å². The highest BCUT2D eigenvalue weighted by Crippen LogP contribution is 2.09. The van der Waals surface area contributed by atoms with Gasteiger partial charge in [0.1, 0.15) is 5.78 Å². The van der Waals surface area contributed by atoms with Crippen molar-refractivity contribution in [1.82, 2.24) is 5.32 Å². The van der Waals surface area contributed by atoms with Crippen LogP contribution in [0.15, 0.2) is 0 Å². The van der Waals surface area contributed by atoms with E-state index in [1.807, 2.05) is 7.05 Å². The van der Waals surface area contributed by atoms with Crippen LogP contribution in [0, 0.1) is 5.92 Å². The lowest BCUT2D eigenvalue weighted by molar-refractivity contribution is -0.117. The largest absolute Gasteiger partial charge is 0.317 e. The average Bonchev–Trinajstić information content (AvgIpc) is 1.96. The molecule has 0 aromatic rings. The van der Waals surface area contributed by atoms with Gasteiger partial charge in [-0.15, -0.1) is 0 Å². The number of hydrogen-bond donors (Lipinski definition) is 1. The van der Waals surface area contributed by atoms with Gasteiger partial charge in [-0.2, -0.15) is 0 Å². The first-order chi connectivity index (χ1) is 5.57. The highest BCUT2D eigenvalue weighted by Gasteiger charge is 2.09. The topological polar surface area (TPSA) is 29.1 Å². The van der Waals surface area contributed by atoms with Crippen molar-refractivity contribution in [1.29, 1.82) is 0 Å². The molecule has 1 N–H and O–H groups in total. The standard InChI is InChI=1S/C10H21NO/c1-8(2)10(11-4)7-5-6-9(3)12/h8,10-11H,5-7H2,1-4H3. The number of ketones is 1. The summed E-state index contributed by atoms with van der Waals surface area (Å²) in [6, 6.07) is 0.560. The van der Waals surface area contributed by atoms with Crippen LogP contribution in [-0.2, 0) is 4.79 Å². The number of rotatable bonds is 6. The Morgan fingerprint density at radius 1 is 1.42 bits per heavy atom. The Morgan fingerprint density at radius 2 is 2.00 bits per heavy atom. The maximum Gasteiger partial charge on any atom is 0.129 e. The van der Waals surface area contributed by atoms with Crippen molar-refractivity contribution in [2.45, 2.75) is 46.1 Å². The zero-order chi connectivity index (χ0) is 9.56. The normalized spacial score (nSPS) is 13.4. The molecule has 0 aliphatic carbocycles. The van der Waals surface area contributed by atoms with Gasteiger partial charge in [-0.25, -0.2) is 0 Å². The average molecular weight is 171 g/mol. The van der Waals surface area contributed by atoms with E-state index >= 15 is 0 Å². The van der Waals surface area contributed by atoms with Crippen LogP contribution >= 0.6 is 0 Å². The van der Waals surface area contributed by atoms with Crippen LogP contribution in [0.3, 0.4) is 0 Å². The molecule has 12 heavy (non-hydrogen) atoms. The summed E-state index contributed by atoms with van der Waals surface area (Å²) in [5.74, 6) is 0.954. The fourth-order valence-electron chi connectivity index (χ4n) is 1.38. The minimum absolute atomic E-state index is 0.300. The lowest BCUT2D eigenvalue weighted by Gasteiger charge is -2.19.